The lowest BCUT2D eigenvalue weighted by Gasteiger charge is -2.36. The van der Waals surface area contributed by atoms with E-state index in [-0.39, 0.29) is 18.9 Å². The molecule has 0 radical (unpaired) electrons. The molecule has 4 rings (SSSR count). The Morgan fingerprint density at radius 2 is 1.60 bits per heavy atom. The Morgan fingerprint density at radius 3 is 2.13 bits per heavy atom. The van der Waals surface area contributed by atoms with Gasteiger partial charge in [0.15, 0.2) is 11.6 Å². The summed E-state index contributed by atoms with van der Waals surface area (Å²) in [5, 5.41) is 31.5. The number of halogens is 7. The first-order valence-electron chi connectivity index (χ1n) is 15.4. The molecular weight excluding hydrogens is 635 g/mol. The molecule has 3 N–H and O–H groups in total. The molecular formula is C34H36F7NO5. The van der Waals surface area contributed by atoms with Crippen LogP contribution in [0.3, 0.4) is 0 Å². The summed E-state index contributed by atoms with van der Waals surface area (Å²) in [6, 6.07) is 4.49. The summed E-state index contributed by atoms with van der Waals surface area (Å²) in [6.45, 7) is 3.07. The summed E-state index contributed by atoms with van der Waals surface area (Å²) in [4.78, 5) is 27.7. The SMILES string of the molecule is CCCC1=C([C@H](O)CC/C(=C/c2ccc(O)c(F)c2)CCC)[C@H](CO)[C@@H]2C(=O)N(c3cc(C(F)(F)F)cc(C(F)(F)F)c3)C(=O)[C@@H]2C1. The Kier molecular flexibility index (Phi) is 10.9. The summed E-state index contributed by atoms with van der Waals surface area (Å²) in [6.07, 6.45) is -7.20. The summed E-state index contributed by atoms with van der Waals surface area (Å²) < 4.78 is 95.4. The minimum Gasteiger partial charge on any atom is -0.505 e. The molecule has 2 amide bonds. The van der Waals surface area contributed by atoms with Gasteiger partial charge in [0.1, 0.15) is 0 Å². The molecule has 1 saturated heterocycles. The van der Waals surface area contributed by atoms with Crippen LogP contribution in [-0.2, 0) is 21.9 Å². The van der Waals surface area contributed by atoms with Crippen LogP contribution in [0, 0.1) is 23.6 Å². The third-order valence-corrected chi connectivity index (χ3v) is 8.77. The van der Waals surface area contributed by atoms with Gasteiger partial charge in [-0.05, 0) is 73.6 Å². The van der Waals surface area contributed by atoms with Gasteiger partial charge in [0.05, 0.1) is 41.4 Å². The number of benzene rings is 2. The highest BCUT2D eigenvalue weighted by molar-refractivity contribution is 6.22. The van der Waals surface area contributed by atoms with Crippen molar-refractivity contribution in [2.24, 2.45) is 17.8 Å². The van der Waals surface area contributed by atoms with Crippen molar-refractivity contribution in [1.29, 1.82) is 0 Å². The second kappa shape index (κ2) is 14.2. The minimum absolute atomic E-state index is 0.0575. The van der Waals surface area contributed by atoms with Crippen LogP contribution in [0.15, 0.2) is 53.1 Å². The van der Waals surface area contributed by atoms with Crippen molar-refractivity contribution < 1.29 is 55.6 Å². The molecule has 0 spiro atoms. The third kappa shape index (κ3) is 7.72. The van der Waals surface area contributed by atoms with Crippen LogP contribution in [0.25, 0.3) is 6.08 Å². The van der Waals surface area contributed by atoms with Crippen LogP contribution in [0.1, 0.15) is 75.5 Å². The first-order chi connectivity index (χ1) is 22.0. The zero-order valence-corrected chi connectivity index (χ0v) is 25.8. The van der Waals surface area contributed by atoms with Gasteiger partial charge in [-0.3, -0.25) is 9.59 Å². The summed E-state index contributed by atoms with van der Waals surface area (Å²) >= 11 is 0. The Balaban J connectivity index is 1.68. The van der Waals surface area contributed by atoms with Crippen molar-refractivity contribution in [2.45, 2.75) is 77.2 Å². The average molecular weight is 672 g/mol. The molecule has 0 unspecified atom stereocenters. The molecule has 0 bridgehead atoms. The minimum atomic E-state index is -5.20. The Morgan fingerprint density at radius 1 is 0.957 bits per heavy atom. The number of fused-ring (bicyclic) bond motifs is 1. The molecule has 13 heteroatoms. The van der Waals surface area contributed by atoms with Crippen molar-refractivity contribution >= 4 is 23.6 Å². The van der Waals surface area contributed by atoms with E-state index < -0.39 is 83.0 Å². The van der Waals surface area contributed by atoms with Crippen LogP contribution >= 0.6 is 0 Å². The quantitative estimate of drug-likeness (QED) is 0.129. The van der Waals surface area contributed by atoms with Crippen molar-refractivity contribution in [3.63, 3.8) is 0 Å². The highest BCUT2D eigenvalue weighted by Gasteiger charge is 2.55. The number of aliphatic hydroxyl groups is 2. The number of rotatable bonds is 11. The second-order valence-electron chi connectivity index (χ2n) is 12.0. The Labute approximate surface area is 267 Å². The van der Waals surface area contributed by atoms with Crippen LogP contribution in [0.5, 0.6) is 5.75 Å². The number of alkyl halides is 6. The lowest BCUT2D eigenvalue weighted by atomic mass is 9.67. The van der Waals surface area contributed by atoms with Gasteiger partial charge in [-0.25, -0.2) is 9.29 Å². The number of anilines is 1. The monoisotopic (exact) mass is 671 g/mol. The smallest absolute Gasteiger partial charge is 0.416 e. The molecule has 0 aromatic heterocycles. The molecule has 2 aromatic carbocycles. The molecule has 47 heavy (non-hydrogen) atoms. The molecule has 1 heterocycles. The van der Waals surface area contributed by atoms with Gasteiger partial charge in [-0.2, -0.15) is 26.3 Å². The highest BCUT2D eigenvalue weighted by Crippen LogP contribution is 2.49. The van der Waals surface area contributed by atoms with E-state index in [1.807, 2.05) is 13.8 Å². The van der Waals surface area contributed by atoms with Gasteiger partial charge in [0.2, 0.25) is 11.8 Å². The number of amides is 2. The van der Waals surface area contributed by atoms with Crippen LogP contribution in [0.2, 0.25) is 0 Å². The Hall–Kier alpha value is -3.71. The number of carbonyl (C=O) groups excluding carboxylic acids is 2. The fourth-order valence-corrected chi connectivity index (χ4v) is 6.74. The number of hydrogen-bond donors (Lipinski definition) is 3. The molecule has 1 aliphatic heterocycles. The van der Waals surface area contributed by atoms with E-state index in [0.29, 0.717) is 59.4 Å². The number of nitrogens with zero attached hydrogens (tertiary/aromatic N) is 1. The maximum absolute atomic E-state index is 13.9. The third-order valence-electron chi connectivity index (χ3n) is 8.77. The fourth-order valence-electron chi connectivity index (χ4n) is 6.74. The molecule has 6 nitrogen and oxygen atoms in total. The van der Waals surface area contributed by atoms with E-state index >= 15 is 0 Å². The van der Waals surface area contributed by atoms with Gasteiger partial charge in [-0.1, -0.05) is 50.0 Å². The van der Waals surface area contributed by atoms with E-state index in [4.69, 9.17) is 0 Å². The number of imide groups is 1. The lowest BCUT2D eigenvalue weighted by molar-refractivity contribution is -0.143. The van der Waals surface area contributed by atoms with Gasteiger partial charge in [0, 0.05) is 5.92 Å². The van der Waals surface area contributed by atoms with Crippen molar-refractivity contribution in [1.82, 2.24) is 0 Å². The van der Waals surface area contributed by atoms with E-state index in [9.17, 15) is 55.6 Å². The summed E-state index contributed by atoms with van der Waals surface area (Å²) in [5.41, 5.74) is -1.93. The van der Waals surface area contributed by atoms with E-state index in [2.05, 4.69) is 0 Å². The predicted molar refractivity (Wildman–Crippen MR) is 159 cm³/mol. The first-order valence-corrected chi connectivity index (χ1v) is 15.4. The second-order valence-corrected chi connectivity index (χ2v) is 12.0. The largest absolute Gasteiger partial charge is 0.505 e. The molecule has 2 aromatic rings. The first kappa shape index (κ1) is 36.1. The number of hydrogen-bond acceptors (Lipinski definition) is 5. The topological polar surface area (TPSA) is 98.1 Å². The highest BCUT2D eigenvalue weighted by atomic mass is 19.4. The number of aromatic hydroxyl groups is 1. The van der Waals surface area contributed by atoms with Gasteiger partial charge < -0.3 is 15.3 Å². The maximum Gasteiger partial charge on any atom is 0.416 e. The molecule has 0 saturated carbocycles. The molecule has 4 atom stereocenters. The van der Waals surface area contributed by atoms with Crippen molar-refractivity contribution in [3.05, 3.63) is 75.6 Å². The predicted octanol–water partition coefficient (Wildman–Crippen LogP) is 7.81. The Bertz CT molecular complexity index is 1530. The summed E-state index contributed by atoms with van der Waals surface area (Å²) in [7, 11) is 0. The number of aliphatic hydroxyl groups excluding tert-OH is 2. The van der Waals surface area contributed by atoms with Crippen molar-refractivity contribution in [3.8, 4) is 5.75 Å². The fraction of sp³-hybridized carbons (Fsp3) is 0.471. The summed E-state index contributed by atoms with van der Waals surface area (Å²) in [5.74, 6) is -6.88. The average Bonchev–Trinajstić information content (AvgIpc) is 3.24. The van der Waals surface area contributed by atoms with Crippen LogP contribution in [-0.4, -0.2) is 39.8 Å². The lowest BCUT2D eigenvalue weighted by Crippen LogP contribution is -2.39. The molecule has 2 aliphatic rings. The molecule has 1 aliphatic carbocycles. The zero-order chi connectivity index (χ0) is 34.8. The maximum atomic E-state index is 13.9. The number of carbonyl (C=O) groups is 2. The number of phenols is 1. The van der Waals surface area contributed by atoms with E-state index in [0.717, 1.165) is 12.0 Å². The number of phenolic OH excluding ortho intramolecular Hbond substituents is 1. The molecule has 256 valence electrons. The van der Waals surface area contributed by atoms with E-state index in [1.54, 1.807) is 6.08 Å². The van der Waals surface area contributed by atoms with E-state index in [1.165, 1.54) is 18.2 Å². The zero-order valence-electron chi connectivity index (χ0n) is 25.8. The normalized spacial score (nSPS) is 21.5. The van der Waals surface area contributed by atoms with Gasteiger partial charge >= 0.3 is 12.4 Å². The van der Waals surface area contributed by atoms with Gasteiger partial charge in [0.25, 0.3) is 0 Å². The molecule has 1 fully saturated rings. The standard InChI is InChI=1S/C34H36F7NO5/c1-3-5-18(11-19-8-9-27(44)26(35)12-19)7-10-28(45)29-20(6-4-2)13-24-30(25(29)17-43)32(47)42(31(24)46)23-15-21(33(36,37)38)14-22(16-23)34(39,40)41/h8-9,11-12,14-16,24-25,28,30,43-45H,3-7,10,13,17H2,1-2H3/b18-11+/t24-,25+,28-,30-/m1/s1. The van der Waals surface area contributed by atoms with Crippen LogP contribution in [0.4, 0.5) is 36.4 Å². The van der Waals surface area contributed by atoms with Crippen molar-refractivity contribution in [2.75, 3.05) is 11.5 Å². The van der Waals surface area contributed by atoms with Gasteiger partial charge in [-0.15, -0.1) is 0 Å². The van der Waals surface area contributed by atoms with Crippen LogP contribution < -0.4 is 4.90 Å². The number of allylic oxidation sites excluding steroid dienone is 2.